The van der Waals surface area contributed by atoms with Crippen LogP contribution in [0.5, 0.6) is 0 Å². The number of hydrogen-bond donors (Lipinski definition) is 0. The fourth-order valence-corrected chi connectivity index (χ4v) is 5.30. The number of nitrogens with zero attached hydrogens (tertiary/aromatic N) is 4. The third-order valence-electron chi connectivity index (χ3n) is 7.56. The largest absolute Gasteiger partial charge is 0.379 e. The van der Waals surface area contributed by atoms with Crippen LogP contribution in [0.1, 0.15) is 21.5 Å². The molecule has 0 aliphatic carbocycles. The first kappa shape index (κ1) is 26.4. The summed E-state index contributed by atoms with van der Waals surface area (Å²) in [6.45, 7) is 6.75. The van der Waals surface area contributed by atoms with Gasteiger partial charge in [-0.3, -0.25) is 14.7 Å². The molecule has 0 spiro atoms. The molecule has 1 aromatic heterocycles. The van der Waals surface area contributed by atoms with E-state index in [9.17, 15) is 4.79 Å². The van der Waals surface area contributed by atoms with Crippen molar-refractivity contribution in [3.63, 3.8) is 0 Å². The van der Waals surface area contributed by atoms with E-state index in [1.54, 1.807) is 23.2 Å². The summed E-state index contributed by atoms with van der Waals surface area (Å²) < 4.78 is 41.1. The third-order valence-corrected chi connectivity index (χ3v) is 7.56. The number of carbonyl (C=O) groups is 1. The summed E-state index contributed by atoms with van der Waals surface area (Å²) in [7, 11) is 0. The zero-order valence-electron chi connectivity index (χ0n) is 22.3. The summed E-state index contributed by atoms with van der Waals surface area (Å²) in [6, 6.07) is 13.8. The number of rotatable bonds is 5. The van der Waals surface area contributed by atoms with Crippen LogP contribution in [0, 0.1) is 18.6 Å². The molecule has 2 aliphatic heterocycles. The summed E-state index contributed by atoms with van der Waals surface area (Å²) in [5.41, 5.74) is 5.11. The first-order valence-electron chi connectivity index (χ1n) is 13.5. The topological polar surface area (TPSA) is 67.8 Å². The molecule has 40 heavy (non-hydrogen) atoms. The Labute approximate surface area is 231 Å². The highest BCUT2D eigenvalue weighted by Gasteiger charge is 2.21. The molecule has 3 heterocycles. The van der Waals surface area contributed by atoms with Gasteiger partial charge in [-0.25, -0.2) is 13.8 Å². The smallest absolute Gasteiger partial charge is 0.254 e. The predicted molar refractivity (Wildman–Crippen MR) is 148 cm³/mol. The first-order valence-corrected chi connectivity index (χ1v) is 13.5. The van der Waals surface area contributed by atoms with Gasteiger partial charge in [0.1, 0.15) is 11.6 Å². The van der Waals surface area contributed by atoms with Gasteiger partial charge >= 0.3 is 0 Å². The monoisotopic (exact) mass is 544 g/mol. The fraction of sp³-hybridized carbons (Fsp3) is 0.323. The highest BCUT2D eigenvalue weighted by atomic mass is 19.1. The Balaban J connectivity index is 1.32. The molecule has 0 bridgehead atoms. The molecular weight excluding hydrogens is 514 g/mol. The van der Waals surface area contributed by atoms with Crippen LogP contribution in [-0.4, -0.2) is 78.3 Å². The number of carbonyl (C=O) groups excluding carboxylic acids is 1. The van der Waals surface area contributed by atoms with Crippen LogP contribution < -0.4 is 0 Å². The van der Waals surface area contributed by atoms with E-state index in [0.717, 1.165) is 11.1 Å². The highest BCUT2D eigenvalue weighted by Crippen LogP contribution is 2.32. The van der Waals surface area contributed by atoms with Gasteiger partial charge in [0, 0.05) is 55.0 Å². The van der Waals surface area contributed by atoms with Crippen LogP contribution in [-0.2, 0) is 16.0 Å². The molecule has 0 N–H and O–H groups in total. The van der Waals surface area contributed by atoms with Gasteiger partial charge in [0.25, 0.3) is 5.91 Å². The molecule has 7 nitrogen and oxygen atoms in total. The first-order chi connectivity index (χ1) is 19.5. The van der Waals surface area contributed by atoms with Gasteiger partial charge in [0.2, 0.25) is 0 Å². The van der Waals surface area contributed by atoms with Crippen molar-refractivity contribution < 1.29 is 23.0 Å². The van der Waals surface area contributed by atoms with Crippen molar-refractivity contribution in [2.24, 2.45) is 0 Å². The summed E-state index contributed by atoms with van der Waals surface area (Å²) in [5.74, 6) is -1.18. The SMILES string of the molecule is Cc1cc(-c2cnc3cccc(-c4cc(F)c(CN5CCOCC5)c(F)c4)c3n2)ccc1C(=O)N1CCOCC1. The van der Waals surface area contributed by atoms with Crippen LogP contribution in [0.2, 0.25) is 0 Å². The summed E-state index contributed by atoms with van der Waals surface area (Å²) in [5, 5.41) is 0. The number of benzene rings is 3. The second-order valence-corrected chi connectivity index (χ2v) is 10.2. The standard InChI is InChI=1S/C31H30F2N4O3/c1-20-15-21(5-6-23(20)31(38)37-9-13-40-14-10-37)29-18-34-28-4-2-3-24(30(28)35-29)22-16-26(32)25(27(33)17-22)19-36-7-11-39-12-8-36/h2-6,15-18H,7-14,19H2,1H3. The average molecular weight is 545 g/mol. The predicted octanol–water partition coefficient (Wildman–Crippen LogP) is 4.86. The third kappa shape index (κ3) is 5.32. The Hall–Kier alpha value is -3.79. The molecule has 9 heteroatoms. The van der Waals surface area contributed by atoms with Gasteiger partial charge in [-0.05, 0) is 48.4 Å². The zero-order valence-corrected chi connectivity index (χ0v) is 22.3. The molecule has 1 amide bonds. The van der Waals surface area contributed by atoms with Crippen molar-refractivity contribution in [1.29, 1.82) is 0 Å². The number of morpholine rings is 2. The van der Waals surface area contributed by atoms with Crippen molar-refractivity contribution in [2.45, 2.75) is 13.5 Å². The van der Waals surface area contributed by atoms with E-state index < -0.39 is 11.6 Å². The van der Waals surface area contributed by atoms with E-state index in [1.807, 2.05) is 36.1 Å². The number of halogens is 2. The highest BCUT2D eigenvalue weighted by molar-refractivity contribution is 5.96. The molecule has 206 valence electrons. The second-order valence-electron chi connectivity index (χ2n) is 10.2. The number of aryl methyl sites for hydroxylation is 1. The van der Waals surface area contributed by atoms with Crippen molar-refractivity contribution in [2.75, 3.05) is 52.6 Å². The lowest BCUT2D eigenvalue weighted by Crippen LogP contribution is -2.40. The van der Waals surface area contributed by atoms with E-state index in [0.29, 0.717) is 86.0 Å². The lowest BCUT2D eigenvalue weighted by Gasteiger charge is -2.27. The molecule has 0 radical (unpaired) electrons. The van der Waals surface area contributed by atoms with Gasteiger partial charge in [-0.2, -0.15) is 0 Å². The maximum Gasteiger partial charge on any atom is 0.254 e. The number of aromatic nitrogens is 2. The molecular formula is C31H30F2N4O3. The number of ether oxygens (including phenoxy) is 2. The molecule has 6 rings (SSSR count). The van der Waals surface area contributed by atoms with Gasteiger partial charge in [0.05, 0.1) is 49.4 Å². The summed E-state index contributed by atoms with van der Waals surface area (Å²) in [4.78, 5) is 26.2. The maximum atomic E-state index is 15.2. The van der Waals surface area contributed by atoms with Crippen molar-refractivity contribution in [3.05, 3.63) is 83.1 Å². The average Bonchev–Trinajstić information content (AvgIpc) is 2.99. The minimum absolute atomic E-state index is 0.0136. The van der Waals surface area contributed by atoms with Crippen LogP contribution in [0.25, 0.3) is 33.4 Å². The fourth-order valence-electron chi connectivity index (χ4n) is 5.30. The molecule has 0 atom stereocenters. The summed E-state index contributed by atoms with van der Waals surface area (Å²) in [6.07, 6.45) is 1.68. The lowest BCUT2D eigenvalue weighted by atomic mass is 10.00. The minimum atomic E-state index is -0.584. The normalized spacial score (nSPS) is 16.4. The summed E-state index contributed by atoms with van der Waals surface area (Å²) >= 11 is 0. The van der Waals surface area contributed by atoms with E-state index >= 15 is 8.78 Å². The zero-order chi connectivity index (χ0) is 27.6. The molecule has 2 fully saturated rings. The Morgan fingerprint density at radius 1 is 0.900 bits per heavy atom. The Bertz CT molecular complexity index is 1540. The van der Waals surface area contributed by atoms with Gasteiger partial charge in [-0.1, -0.05) is 18.2 Å². The van der Waals surface area contributed by atoms with Gasteiger partial charge in [-0.15, -0.1) is 0 Å². The minimum Gasteiger partial charge on any atom is -0.379 e. The quantitative estimate of drug-likeness (QED) is 0.358. The van der Waals surface area contributed by atoms with Gasteiger partial charge < -0.3 is 14.4 Å². The van der Waals surface area contributed by atoms with Crippen molar-refractivity contribution in [1.82, 2.24) is 19.8 Å². The van der Waals surface area contributed by atoms with E-state index in [1.165, 1.54) is 12.1 Å². The van der Waals surface area contributed by atoms with Gasteiger partial charge in [0.15, 0.2) is 0 Å². The maximum absolute atomic E-state index is 15.2. The van der Waals surface area contributed by atoms with E-state index in [4.69, 9.17) is 14.5 Å². The van der Waals surface area contributed by atoms with Crippen LogP contribution in [0.3, 0.4) is 0 Å². The number of fused-ring (bicyclic) bond motifs is 1. The molecule has 3 aromatic carbocycles. The van der Waals surface area contributed by atoms with Crippen LogP contribution >= 0.6 is 0 Å². The molecule has 4 aromatic rings. The van der Waals surface area contributed by atoms with Crippen molar-refractivity contribution in [3.8, 4) is 22.4 Å². The van der Waals surface area contributed by atoms with Crippen LogP contribution in [0.15, 0.2) is 54.7 Å². The lowest BCUT2D eigenvalue weighted by molar-refractivity contribution is 0.0302. The molecule has 0 unspecified atom stereocenters. The van der Waals surface area contributed by atoms with Crippen molar-refractivity contribution >= 4 is 16.9 Å². The number of amides is 1. The molecule has 0 saturated carbocycles. The molecule has 2 aliphatic rings. The molecule has 2 saturated heterocycles. The Kier molecular flexibility index (Phi) is 7.51. The number of hydrogen-bond acceptors (Lipinski definition) is 6. The Morgan fingerprint density at radius 3 is 2.30 bits per heavy atom. The second kappa shape index (κ2) is 11.4. The number of para-hydroxylation sites is 1. The van der Waals surface area contributed by atoms with E-state index in [-0.39, 0.29) is 18.0 Å². The Morgan fingerprint density at radius 2 is 1.60 bits per heavy atom. The van der Waals surface area contributed by atoms with E-state index in [2.05, 4.69) is 4.98 Å². The van der Waals surface area contributed by atoms with Crippen LogP contribution in [0.4, 0.5) is 8.78 Å².